The molecule has 2 aromatic heterocycles. The molecule has 0 atom stereocenters. The van der Waals surface area contributed by atoms with Crippen LogP contribution in [0.25, 0.3) is 16.7 Å². The van der Waals surface area contributed by atoms with Crippen LogP contribution in [0.4, 0.5) is 0 Å². The molecule has 2 heterocycles. The van der Waals surface area contributed by atoms with E-state index in [0.717, 1.165) is 17.6 Å². The van der Waals surface area contributed by atoms with Gasteiger partial charge in [0.25, 0.3) is 5.56 Å². The number of hydrogen-bond donors (Lipinski definition) is 1. The van der Waals surface area contributed by atoms with Crippen LogP contribution in [0.2, 0.25) is 0 Å². The summed E-state index contributed by atoms with van der Waals surface area (Å²) in [6, 6.07) is 15.0. The molecule has 9 heteroatoms. The molecule has 1 aliphatic rings. The van der Waals surface area contributed by atoms with Crippen molar-refractivity contribution in [1.29, 1.82) is 0 Å². The van der Waals surface area contributed by atoms with Crippen LogP contribution in [0.1, 0.15) is 18.4 Å². The van der Waals surface area contributed by atoms with E-state index in [1.165, 1.54) is 24.6 Å². The second-order valence-corrected chi connectivity index (χ2v) is 8.82. The van der Waals surface area contributed by atoms with Gasteiger partial charge in [0.1, 0.15) is 5.75 Å². The van der Waals surface area contributed by atoms with Gasteiger partial charge < -0.3 is 10.1 Å². The van der Waals surface area contributed by atoms with E-state index >= 15 is 0 Å². The van der Waals surface area contributed by atoms with E-state index in [-0.39, 0.29) is 17.2 Å². The summed E-state index contributed by atoms with van der Waals surface area (Å²) in [6.45, 7) is 1.03. The highest BCUT2D eigenvalue weighted by Gasteiger charge is 2.22. The minimum absolute atomic E-state index is 0.0229. The predicted molar refractivity (Wildman–Crippen MR) is 123 cm³/mol. The highest BCUT2D eigenvalue weighted by atomic mass is 32.2. The van der Waals surface area contributed by atoms with Gasteiger partial charge in [0.15, 0.2) is 5.16 Å². The van der Waals surface area contributed by atoms with Crippen LogP contribution in [0.15, 0.2) is 58.5 Å². The zero-order chi connectivity index (χ0) is 22.1. The van der Waals surface area contributed by atoms with Crippen molar-refractivity contribution in [3.05, 3.63) is 64.4 Å². The number of para-hydroxylation sites is 2. The molecular weight excluding hydrogens is 426 g/mol. The number of carbonyl (C=O) groups excluding carboxylic acids is 1. The second-order valence-electron chi connectivity index (χ2n) is 7.87. The summed E-state index contributed by atoms with van der Waals surface area (Å²) < 4.78 is 8.92. The molecule has 0 aliphatic heterocycles. The lowest BCUT2D eigenvalue weighted by Gasteiger charge is -2.13. The maximum atomic E-state index is 13.3. The monoisotopic (exact) mass is 449 g/mol. The molecule has 0 bridgehead atoms. The van der Waals surface area contributed by atoms with Crippen molar-refractivity contribution in [2.75, 3.05) is 19.4 Å². The fourth-order valence-corrected chi connectivity index (χ4v) is 4.50. The Morgan fingerprint density at radius 3 is 2.75 bits per heavy atom. The standard InChI is InChI=1S/C23H23N5O3S/c1-31-19-9-5-2-6-16(19)13-27-21(30)17-7-3-4-8-18(17)28-22(27)25-26-23(28)32-14-20(29)24-12-15-10-11-15/h2-9,15H,10-14H2,1H3,(H,24,29). The van der Waals surface area contributed by atoms with Gasteiger partial charge in [-0.15, -0.1) is 10.2 Å². The third kappa shape index (κ3) is 3.95. The Hall–Kier alpha value is -3.33. The van der Waals surface area contributed by atoms with Gasteiger partial charge in [0.05, 0.1) is 30.3 Å². The summed E-state index contributed by atoms with van der Waals surface area (Å²) in [7, 11) is 1.61. The van der Waals surface area contributed by atoms with E-state index in [1.807, 2.05) is 46.9 Å². The lowest BCUT2D eigenvalue weighted by atomic mass is 10.2. The number of aromatic nitrogens is 4. The molecule has 0 spiro atoms. The number of methoxy groups -OCH3 is 1. The molecule has 0 radical (unpaired) electrons. The predicted octanol–water partition coefficient (Wildman–Crippen LogP) is 2.72. The Morgan fingerprint density at radius 2 is 1.94 bits per heavy atom. The average molecular weight is 450 g/mol. The number of hydrogen-bond acceptors (Lipinski definition) is 6. The smallest absolute Gasteiger partial charge is 0.263 e. The van der Waals surface area contributed by atoms with Crippen LogP contribution in [0.3, 0.4) is 0 Å². The van der Waals surface area contributed by atoms with Gasteiger partial charge in [-0.1, -0.05) is 42.1 Å². The van der Waals surface area contributed by atoms with E-state index < -0.39 is 0 Å². The topological polar surface area (TPSA) is 90.5 Å². The third-order valence-electron chi connectivity index (χ3n) is 5.62. The molecule has 164 valence electrons. The number of nitrogens with zero attached hydrogens (tertiary/aromatic N) is 4. The first kappa shape index (κ1) is 20.6. The molecule has 2 aromatic carbocycles. The van der Waals surface area contributed by atoms with Crippen molar-refractivity contribution < 1.29 is 9.53 Å². The number of carbonyl (C=O) groups is 1. The average Bonchev–Trinajstić information content (AvgIpc) is 3.56. The van der Waals surface area contributed by atoms with Crippen molar-refractivity contribution >= 4 is 34.3 Å². The van der Waals surface area contributed by atoms with Crippen LogP contribution in [0, 0.1) is 5.92 Å². The van der Waals surface area contributed by atoms with E-state index in [9.17, 15) is 9.59 Å². The number of nitrogens with one attached hydrogen (secondary N) is 1. The molecule has 1 N–H and O–H groups in total. The van der Waals surface area contributed by atoms with Crippen molar-refractivity contribution in [3.63, 3.8) is 0 Å². The summed E-state index contributed by atoms with van der Waals surface area (Å²) in [5.41, 5.74) is 1.44. The fourth-order valence-electron chi connectivity index (χ4n) is 3.73. The first-order valence-electron chi connectivity index (χ1n) is 10.5. The largest absolute Gasteiger partial charge is 0.496 e. The number of amides is 1. The normalized spacial score (nSPS) is 13.5. The Balaban J connectivity index is 1.54. The lowest BCUT2D eigenvalue weighted by Crippen LogP contribution is -2.27. The van der Waals surface area contributed by atoms with E-state index in [4.69, 9.17) is 4.74 Å². The molecule has 1 saturated carbocycles. The van der Waals surface area contributed by atoms with Crippen LogP contribution >= 0.6 is 11.8 Å². The zero-order valence-corrected chi connectivity index (χ0v) is 18.5. The Labute approximate surface area is 188 Å². The fraction of sp³-hybridized carbons (Fsp3) is 0.304. The van der Waals surface area contributed by atoms with Gasteiger partial charge >= 0.3 is 0 Å². The quantitative estimate of drug-likeness (QED) is 0.416. The van der Waals surface area contributed by atoms with Gasteiger partial charge in [-0.3, -0.25) is 18.6 Å². The molecule has 0 saturated heterocycles. The van der Waals surface area contributed by atoms with Crippen LogP contribution < -0.4 is 15.6 Å². The number of ether oxygens (including phenoxy) is 1. The SMILES string of the molecule is COc1ccccc1Cn1c(=O)c2ccccc2n2c(SCC(=O)NCC3CC3)nnc12. The molecular formula is C23H23N5O3S. The van der Waals surface area contributed by atoms with E-state index in [1.54, 1.807) is 17.7 Å². The molecule has 5 rings (SSSR count). The molecule has 4 aromatic rings. The van der Waals surface area contributed by atoms with Crippen molar-refractivity contribution in [2.24, 2.45) is 5.92 Å². The maximum Gasteiger partial charge on any atom is 0.263 e. The van der Waals surface area contributed by atoms with Crippen molar-refractivity contribution in [1.82, 2.24) is 24.5 Å². The number of fused-ring (bicyclic) bond motifs is 3. The van der Waals surface area contributed by atoms with Crippen molar-refractivity contribution in [3.8, 4) is 5.75 Å². The Morgan fingerprint density at radius 1 is 1.16 bits per heavy atom. The third-order valence-corrected chi connectivity index (χ3v) is 6.55. The molecule has 0 unspecified atom stereocenters. The van der Waals surface area contributed by atoms with Gasteiger partial charge in [-0.25, -0.2) is 0 Å². The summed E-state index contributed by atoms with van der Waals surface area (Å²) in [5, 5.41) is 12.8. The minimum atomic E-state index is -0.148. The second kappa shape index (κ2) is 8.66. The van der Waals surface area contributed by atoms with E-state index in [2.05, 4.69) is 15.5 Å². The highest BCUT2D eigenvalue weighted by Crippen LogP contribution is 2.28. The van der Waals surface area contributed by atoms with E-state index in [0.29, 0.717) is 34.5 Å². The van der Waals surface area contributed by atoms with Gasteiger partial charge in [0.2, 0.25) is 11.7 Å². The van der Waals surface area contributed by atoms with Gasteiger partial charge in [-0.2, -0.15) is 0 Å². The Kier molecular flexibility index (Phi) is 5.57. The lowest BCUT2D eigenvalue weighted by molar-refractivity contribution is -0.118. The van der Waals surface area contributed by atoms with Gasteiger partial charge in [0, 0.05) is 12.1 Å². The first-order chi connectivity index (χ1) is 15.7. The zero-order valence-electron chi connectivity index (χ0n) is 17.7. The number of rotatable bonds is 8. The molecule has 8 nitrogen and oxygen atoms in total. The molecule has 1 aliphatic carbocycles. The number of benzene rings is 2. The summed E-state index contributed by atoms with van der Waals surface area (Å²) >= 11 is 1.32. The first-order valence-corrected chi connectivity index (χ1v) is 11.5. The summed E-state index contributed by atoms with van der Waals surface area (Å²) in [5.74, 6) is 1.98. The van der Waals surface area contributed by atoms with Crippen molar-refractivity contribution in [2.45, 2.75) is 24.5 Å². The van der Waals surface area contributed by atoms with Crippen LogP contribution in [-0.4, -0.2) is 44.5 Å². The molecule has 1 amide bonds. The number of thioether (sulfide) groups is 1. The molecule has 32 heavy (non-hydrogen) atoms. The Bertz CT molecular complexity index is 1360. The summed E-state index contributed by atoms with van der Waals surface area (Å²) in [6.07, 6.45) is 2.38. The van der Waals surface area contributed by atoms with Crippen LogP contribution in [0.5, 0.6) is 5.75 Å². The highest BCUT2D eigenvalue weighted by molar-refractivity contribution is 7.99. The maximum absolute atomic E-state index is 13.3. The van der Waals surface area contributed by atoms with Crippen LogP contribution in [-0.2, 0) is 11.3 Å². The molecule has 1 fully saturated rings. The van der Waals surface area contributed by atoms with Gasteiger partial charge in [-0.05, 0) is 37.0 Å². The summed E-state index contributed by atoms with van der Waals surface area (Å²) in [4.78, 5) is 25.6. The minimum Gasteiger partial charge on any atom is -0.496 e.